The smallest absolute Gasteiger partial charge is 0.0406 e. The van der Waals surface area contributed by atoms with E-state index in [0.717, 1.165) is 24.2 Å². The molecule has 1 atom stereocenters. The molecule has 0 saturated carbocycles. The minimum atomic E-state index is 0.785. The number of likely N-dealkylation sites (tertiary alicyclic amines) is 1. The van der Waals surface area contributed by atoms with E-state index >= 15 is 0 Å². The lowest BCUT2D eigenvalue weighted by Gasteiger charge is -2.19. The number of nitrogens with zero attached hydrogens (tertiary/aromatic N) is 1. The number of hydrogen-bond acceptors (Lipinski definition) is 2. The van der Waals surface area contributed by atoms with Gasteiger partial charge in [0.25, 0.3) is 0 Å². The summed E-state index contributed by atoms with van der Waals surface area (Å²) in [7, 11) is 2.23. The van der Waals surface area contributed by atoms with Gasteiger partial charge in [0.15, 0.2) is 0 Å². The van der Waals surface area contributed by atoms with Crippen LogP contribution >= 0.6 is 11.6 Å². The van der Waals surface area contributed by atoms with E-state index in [1.165, 1.54) is 31.4 Å². The lowest BCUT2D eigenvalue weighted by Crippen LogP contribution is -2.28. The van der Waals surface area contributed by atoms with Gasteiger partial charge in [0.2, 0.25) is 0 Å². The van der Waals surface area contributed by atoms with Gasteiger partial charge in [-0.05, 0) is 57.1 Å². The zero-order valence-corrected chi connectivity index (χ0v) is 13.2. The topological polar surface area (TPSA) is 15.3 Å². The van der Waals surface area contributed by atoms with Crippen LogP contribution in [0, 0.1) is 0 Å². The largest absolute Gasteiger partial charge is 0.313 e. The van der Waals surface area contributed by atoms with Gasteiger partial charge in [0, 0.05) is 17.6 Å². The van der Waals surface area contributed by atoms with Crippen molar-refractivity contribution in [2.24, 2.45) is 0 Å². The second-order valence-corrected chi connectivity index (χ2v) is 5.31. The normalized spacial score (nSPS) is 19.1. The summed E-state index contributed by atoms with van der Waals surface area (Å²) in [5.74, 6) is 0. The van der Waals surface area contributed by atoms with Crippen LogP contribution in [0.3, 0.4) is 0 Å². The third-order valence-electron chi connectivity index (χ3n) is 3.57. The fourth-order valence-electron chi connectivity index (χ4n) is 2.45. The number of rotatable bonds is 5. The number of nitrogens with one attached hydrogen (secondary N) is 1. The van der Waals surface area contributed by atoms with Crippen molar-refractivity contribution in [1.82, 2.24) is 10.2 Å². The summed E-state index contributed by atoms with van der Waals surface area (Å²) >= 11 is 5.85. The van der Waals surface area contributed by atoms with E-state index in [0.29, 0.717) is 0 Å². The fraction of sp³-hybridized carbons (Fsp3) is 0.625. The van der Waals surface area contributed by atoms with Gasteiger partial charge in [-0.2, -0.15) is 0 Å². The SMILES string of the molecule is CC.CN1CCCC1CCNCc1ccc(Cl)cc1. The Bertz CT molecular complexity index is 337. The van der Waals surface area contributed by atoms with E-state index in [2.05, 4.69) is 29.4 Å². The second kappa shape index (κ2) is 9.35. The van der Waals surface area contributed by atoms with Gasteiger partial charge in [-0.15, -0.1) is 0 Å². The van der Waals surface area contributed by atoms with Gasteiger partial charge in [0.05, 0.1) is 0 Å². The minimum absolute atomic E-state index is 0.785. The molecule has 0 aliphatic carbocycles. The first-order valence-electron chi connectivity index (χ1n) is 7.41. The summed E-state index contributed by atoms with van der Waals surface area (Å²) in [4.78, 5) is 2.48. The Morgan fingerprint density at radius 3 is 2.53 bits per heavy atom. The summed E-state index contributed by atoms with van der Waals surface area (Å²) in [5.41, 5.74) is 1.30. The number of hydrogen-bond donors (Lipinski definition) is 1. The molecular formula is C16H27ClN2. The molecule has 2 rings (SSSR count). The molecule has 1 fully saturated rings. The van der Waals surface area contributed by atoms with Gasteiger partial charge in [-0.3, -0.25) is 0 Å². The molecule has 1 aliphatic rings. The molecule has 1 N–H and O–H groups in total. The van der Waals surface area contributed by atoms with Crippen LogP contribution in [0.25, 0.3) is 0 Å². The van der Waals surface area contributed by atoms with Crippen LogP contribution in [0.5, 0.6) is 0 Å². The van der Waals surface area contributed by atoms with Crippen LogP contribution < -0.4 is 5.32 Å². The van der Waals surface area contributed by atoms with Gasteiger partial charge in [-0.1, -0.05) is 37.6 Å². The average Bonchev–Trinajstić information content (AvgIpc) is 2.85. The average molecular weight is 283 g/mol. The summed E-state index contributed by atoms with van der Waals surface area (Å²) in [5, 5.41) is 4.31. The molecule has 2 nitrogen and oxygen atoms in total. The van der Waals surface area contributed by atoms with E-state index in [1.54, 1.807) is 0 Å². The van der Waals surface area contributed by atoms with Crippen LogP contribution in [0.15, 0.2) is 24.3 Å². The molecule has 1 aliphatic heterocycles. The molecule has 0 aromatic heterocycles. The van der Waals surface area contributed by atoms with E-state index in [1.807, 2.05) is 26.0 Å². The molecule has 1 aromatic carbocycles. The molecule has 0 radical (unpaired) electrons. The standard InChI is InChI=1S/C14H21ClN2.C2H6/c1-17-10-2-3-14(17)8-9-16-11-12-4-6-13(15)7-5-12;1-2/h4-7,14,16H,2-3,8-11H2,1H3;1-2H3. The molecule has 0 bridgehead atoms. The Labute approximate surface area is 123 Å². The lowest BCUT2D eigenvalue weighted by atomic mass is 10.1. The fourth-order valence-corrected chi connectivity index (χ4v) is 2.57. The highest BCUT2D eigenvalue weighted by Gasteiger charge is 2.19. The zero-order chi connectivity index (χ0) is 14.1. The molecule has 108 valence electrons. The molecule has 1 saturated heterocycles. The van der Waals surface area contributed by atoms with Crippen LogP contribution in [-0.2, 0) is 6.54 Å². The monoisotopic (exact) mass is 282 g/mol. The predicted molar refractivity (Wildman–Crippen MR) is 84.8 cm³/mol. The molecular weight excluding hydrogens is 256 g/mol. The third kappa shape index (κ3) is 5.94. The van der Waals surface area contributed by atoms with Crippen LogP contribution in [-0.4, -0.2) is 31.1 Å². The van der Waals surface area contributed by atoms with Crippen molar-refractivity contribution in [3.8, 4) is 0 Å². The van der Waals surface area contributed by atoms with E-state index in [9.17, 15) is 0 Å². The van der Waals surface area contributed by atoms with Gasteiger partial charge < -0.3 is 10.2 Å². The lowest BCUT2D eigenvalue weighted by molar-refractivity contribution is 0.293. The van der Waals surface area contributed by atoms with E-state index in [4.69, 9.17) is 11.6 Å². The highest BCUT2D eigenvalue weighted by atomic mass is 35.5. The number of benzene rings is 1. The Balaban J connectivity index is 0.000000861. The first-order chi connectivity index (χ1) is 9.25. The van der Waals surface area contributed by atoms with Crippen molar-refractivity contribution in [3.05, 3.63) is 34.9 Å². The molecule has 3 heteroatoms. The summed E-state index contributed by atoms with van der Waals surface area (Å²) < 4.78 is 0. The highest BCUT2D eigenvalue weighted by Crippen LogP contribution is 2.17. The molecule has 0 amide bonds. The van der Waals surface area contributed by atoms with Crippen LogP contribution in [0.4, 0.5) is 0 Å². The van der Waals surface area contributed by atoms with E-state index in [-0.39, 0.29) is 0 Å². The summed E-state index contributed by atoms with van der Waals surface area (Å²) in [6.45, 7) is 7.30. The van der Waals surface area contributed by atoms with Crippen molar-refractivity contribution in [2.45, 2.75) is 45.7 Å². The number of halogens is 1. The molecule has 19 heavy (non-hydrogen) atoms. The molecule has 1 aromatic rings. The molecule has 0 spiro atoms. The Morgan fingerprint density at radius 1 is 1.26 bits per heavy atom. The predicted octanol–water partition coefficient (Wildman–Crippen LogP) is 3.94. The van der Waals surface area contributed by atoms with Gasteiger partial charge in [-0.25, -0.2) is 0 Å². The Kier molecular flexibility index (Phi) is 8.11. The second-order valence-electron chi connectivity index (χ2n) is 4.87. The quantitative estimate of drug-likeness (QED) is 0.823. The molecule has 1 heterocycles. The first kappa shape index (κ1) is 16.5. The van der Waals surface area contributed by atoms with E-state index < -0.39 is 0 Å². The van der Waals surface area contributed by atoms with Crippen molar-refractivity contribution in [2.75, 3.05) is 20.1 Å². The summed E-state index contributed by atoms with van der Waals surface area (Å²) in [6.07, 6.45) is 3.97. The van der Waals surface area contributed by atoms with Crippen LogP contribution in [0.1, 0.15) is 38.7 Å². The maximum Gasteiger partial charge on any atom is 0.0406 e. The van der Waals surface area contributed by atoms with Gasteiger partial charge in [0.1, 0.15) is 0 Å². The third-order valence-corrected chi connectivity index (χ3v) is 3.82. The molecule has 1 unspecified atom stereocenters. The maximum atomic E-state index is 5.85. The van der Waals surface area contributed by atoms with Crippen LogP contribution in [0.2, 0.25) is 5.02 Å². The van der Waals surface area contributed by atoms with Gasteiger partial charge >= 0.3 is 0 Å². The van der Waals surface area contributed by atoms with Crippen molar-refractivity contribution >= 4 is 11.6 Å². The maximum absolute atomic E-state index is 5.85. The first-order valence-corrected chi connectivity index (χ1v) is 7.79. The van der Waals surface area contributed by atoms with Crippen molar-refractivity contribution in [1.29, 1.82) is 0 Å². The minimum Gasteiger partial charge on any atom is -0.313 e. The van der Waals surface area contributed by atoms with Crippen molar-refractivity contribution < 1.29 is 0 Å². The Hall–Kier alpha value is -0.570. The van der Waals surface area contributed by atoms with Crippen molar-refractivity contribution in [3.63, 3.8) is 0 Å². The Morgan fingerprint density at radius 2 is 1.95 bits per heavy atom. The zero-order valence-electron chi connectivity index (χ0n) is 12.5. The highest BCUT2D eigenvalue weighted by molar-refractivity contribution is 6.30. The summed E-state index contributed by atoms with van der Waals surface area (Å²) in [6, 6.07) is 8.84.